The number of benzene rings is 3. The van der Waals surface area contributed by atoms with E-state index in [9.17, 15) is 9.59 Å². The van der Waals surface area contributed by atoms with Crippen LogP contribution in [0.4, 0.5) is 22.1 Å². The highest BCUT2D eigenvalue weighted by Gasteiger charge is 2.22. The lowest BCUT2D eigenvalue weighted by molar-refractivity contribution is -0.117. The first kappa shape index (κ1) is 30.2. The third kappa shape index (κ3) is 7.22. The zero-order valence-electron chi connectivity index (χ0n) is 25.5. The summed E-state index contributed by atoms with van der Waals surface area (Å²) in [6.07, 6.45) is 1.79. The second-order valence-corrected chi connectivity index (χ2v) is 11.4. The number of hydrogen-bond acceptors (Lipinski definition) is 6. The molecule has 0 saturated carbocycles. The average molecular weight is 593 g/mol. The number of carbonyl (C=O) groups is 2. The van der Waals surface area contributed by atoms with Crippen LogP contribution >= 0.6 is 0 Å². The Hall–Kier alpha value is -5.22. The first-order chi connectivity index (χ1) is 21.1. The van der Waals surface area contributed by atoms with Gasteiger partial charge in [-0.25, -0.2) is 14.5 Å². The fourth-order valence-electron chi connectivity index (χ4n) is 4.53. The van der Waals surface area contributed by atoms with Gasteiger partial charge in [0.2, 0.25) is 5.91 Å². The van der Waals surface area contributed by atoms with Gasteiger partial charge in [-0.1, -0.05) is 62.7 Å². The number of methoxy groups -OCH3 is 1. The number of aryl methyl sites for hydroxylation is 1. The number of amides is 3. The predicted octanol–water partition coefficient (Wildman–Crippen LogP) is 7.44. The van der Waals surface area contributed by atoms with Gasteiger partial charge < -0.3 is 20.1 Å². The van der Waals surface area contributed by atoms with E-state index in [1.54, 1.807) is 42.3 Å². The quantitative estimate of drug-likeness (QED) is 0.164. The molecule has 3 N–H and O–H groups in total. The van der Waals surface area contributed by atoms with Gasteiger partial charge in [-0.3, -0.25) is 10.1 Å². The lowest BCUT2D eigenvalue weighted by atomic mass is 9.92. The number of nitrogens with zero attached hydrogens (tertiary/aromatic N) is 3. The number of anilines is 3. The zero-order valence-corrected chi connectivity index (χ0v) is 25.5. The third-order valence-corrected chi connectivity index (χ3v) is 6.89. The Kier molecular flexibility index (Phi) is 8.91. The number of urea groups is 1. The average Bonchev–Trinajstić information content (AvgIpc) is 3.42. The van der Waals surface area contributed by atoms with Crippen LogP contribution in [0.3, 0.4) is 0 Å². The SMILES string of the molecule is COCCC(=O)Nc1cc(Oc2ccc(NC(=O)Nc3cc(C(C)(C)C)nn3-c3ccc(C)cc3)c3ccccc23)ccn1. The van der Waals surface area contributed by atoms with Crippen LogP contribution in [0.5, 0.6) is 11.5 Å². The molecule has 0 bridgehead atoms. The van der Waals surface area contributed by atoms with Gasteiger partial charge in [0.05, 0.1) is 30.1 Å². The Labute approximate surface area is 256 Å². The molecule has 0 fully saturated rings. The van der Waals surface area contributed by atoms with Crippen molar-refractivity contribution in [1.29, 1.82) is 0 Å². The molecule has 226 valence electrons. The molecule has 0 spiro atoms. The van der Waals surface area contributed by atoms with Crippen LogP contribution in [0.15, 0.2) is 85.1 Å². The summed E-state index contributed by atoms with van der Waals surface area (Å²) >= 11 is 0. The van der Waals surface area contributed by atoms with Crippen molar-refractivity contribution in [2.75, 3.05) is 29.7 Å². The molecule has 2 aromatic heterocycles. The molecule has 0 aliphatic rings. The van der Waals surface area contributed by atoms with Gasteiger partial charge in [-0.05, 0) is 37.3 Å². The summed E-state index contributed by atoms with van der Waals surface area (Å²) < 4.78 is 12.9. The largest absolute Gasteiger partial charge is 0.457 e. The smallest absolute Gasteiger partial charge is 0.324 e. The molecule has 5 aromatic rings. The maximum Gasteiger partial charge on any atom is 0.324 e. The minimum atomic E-state index is -0.402. The lowest BCUT2D eigenvalue weighted by Gasteiger charge is -2.15. The molecule has 0 radical (unpaired) electrons. The van der Waals surface area contributed by atoms with E-state index in [4.69, 9.17) is 14.6 Å². The summed E-state index contributed by atoms with van der Waals surface area (Å²) in [4.78, 5) is 29.6. The number of nitrogens with one attached hydrogen (secondary N) is 3. The Morgan fingerprint density at radius 2 is 1.64 bits per heavy atom. The van der Waals surface area contributed by atoms with E-state index in [0.717, 1.165) is 27.7 Å². The van der Waals surface area contributed by atoms with Crippen molar-refractivity contribution < 1.29 is 19.1 Å². The molecule has 0 saturated heterocycles. The monoisotopic (exact) mass is 592 g/mol. The molecule has 10 nitrogen and oxygen atoms in total. The Morgan fingerprint density at radius 3 is 2.36 bits per heavy atom. The lowest BCUT2D eigenvalue weighted by Crippen LogP contribution is -2.21. The highest BCUT2D eigenvalue weighted by molar-refractivity contribution is 6.07. The molecule has 2 heterocycles. The van der Waals surface area contributed by atoms with E-state index in [-0.39, 0.29) is 17.7 Å². The van der Waals surface area contributed by atoms with Crippen LogP contribution in [-0.2, 0) is 14.9 Å². The van der Waals surface area contributed by atoms with Gasteiger partial charge in [0, 0.05) is 41.6 Å². The van der Waals surface area contributed by atoms with Gasteiger partial charge in [0.1, 0.15) is 23.1 Å². The van der Waals surface area contributed by atoms with Crippen molar-refractivity contribution in [2.45, 2.75) is 39.5 Å². The van der Waals surface area contributed by atoms with Crippen LogP contribution in [0.1, 0.15) is 38.4 Å². The van der Waals surface area contributed by atoms with Crippen molar-refractivity contribution in [3.05, 3.63) is 96.3 Å². The Morgan fingerprint density at radius 1 is 0.886 bits per heavy atom. The Balaban J connectivity index is 1.36. The number of hydrogen-bond donors (Lipinski definition) is 3. The first-order valence-electron chi connectivity index (χ1n) is 14.3. The molecule has 44 heavy (non-hydrogen) atoms. The van der Waals surface area contributed by atoms with Gasteiger partial charge in [0.25, 0.3) is 0 Å². The molecule has 10 heteroatoms. The van der Waals surface area contributed by atoms with Crippen molar-refractivity contribution in [2.24, 2.45) is 0 Å². The molecule has 0 aliphatic heterocycles. The van der Waals surface area contributed by atoms with E-state index in [1.165, 1.54) is 0 Å². The van der Waals surface area contributed by atoms with E-state index in [0.29, 0.717) is 35.4 Å². The summed E-state index contributed by atoms with van der Waals surface area (Å²) in [6, 6.07) is 24.1. The van der Waals surface area contributed by atoms with Gasteiger partial charge >= 0.3 is 6.03 Å². The fraction of sp³-hybridized carbons (Fsp3) is 0.235. The van der Waals surface area contributed by atoms with Crippen LogP contribution in [0.25, 0.3) is 16.5 Å². The van der Waals surface area contributed by atoms with Crippen LogP contribution in [0, 0.1) is 6.92 Å². The normalized spacial score (nSPS) is 11.3. The number of fused-ring (bicyclic) bond motifs is 1. The highest BCUT2D eigenvalue weighted by atomic mass is 16.5. The molecular weight excluding hydrogens is 556 g/mol. The summed E-state index contributed by atoms with van der Waals surface area (Å²) in [7, 11) is 1.54. The second kappa shape index (κ2) is 13.0. The van der Waals surface area contributed by atoms with Gasteiger partial charge in [-0.2, -0.15) is 5.10 Å². The van der Waals surface area contributed by atoms with E-state index < -0.39 is 6.03 Å². The second-order valence-electron chi connectivity index (χ2n) is 11.4. The number of pyridine rings is 1. The topological polar surface area (TPSA) is 119 Å². The molecule has 0 unspecified atom stereocenters. The minimum absolute atomic E-state index is 0.202. The van der Waals surface area contributed by atoms with Gasteiger partial charge in [0.15, 0.2) is 0 Å². The fourth-order valence-corrected chi connectivity index (χ4v) is 4.53. The van der Waals surface area contributed by atoms with E-state index in [2.05, 4.69) is 41.7 Å². The number of aromatic nitrogens is 3. The number of carbonyl (C=O) groups excluding carboxylic acids is 2. The van der Waals surface area contributed by atoms with Crippen molar-refractivity contribution in [1.82, 2.24) is 14.8 Å². The molecule has 5 rings (SSSR count). The first-order valence-corrected chi connectivity index (χ1v) is 14.3. The van der Waals surface area contributed by atoms with Crippen molar-refractivity contribution in [3.8, 4) is 17.2 Å². The zero-order chi connectivity index (χ0) is 31.3. The van der Waals surface area contributed by atoms with Crippen LogP contribution in [0.2, 0.25) is 0 Å². The summed E-state index contributed by atoms with van der Waals surface area (Å²) in [5.41, 5.74) is 3.25. The molecule has 3 aromatic carbocycles. The maximum atomic E-state index is 13.3. The third-order valence-electron chi connectivity index (χ3n) is 6.89. The van der Waals surface area contributed by atoms with E-state index >= 15 is 0 Å². The number of rotatable bonds is 9. The predicted molar refractivity (Wildman–Crippen MR) is 173 cm³/mol. The molecular formula is C34H36N6O4. The summed E-state index contributed by atoms with van der Waals surface area (Å²) in [6.45, 7) is 8.60. The highest BCUT2D eigenvalue weighted by Crippen LogP contribution is 2.35. The van der Waals surface area contributed by atoms with Crippen LogP contribution < -0.4 is 20.7 Å². The number of ether oxygens (including phenoxy) is 2. The van der Waals surface area contributed by atoms with Gasteiger partial charge in [-0.15, -0.1) is 0 Å². The molecule has 0 aliphatic carbocycles. The van der Waals surface area contributed by atoms with Crippen molar-refractivity contribution >= 4 is 40.0 Å². The standard InChI is InChI=1S/C34H36N6O4/c1-22-10-12-23(13-11-22)40-31(21-29(39-40)34(2,3)4)38-33(42)36-27-14-15-28(26-9-7-6-8-25(26)27)44-24-16-18-35-30(20-24)37-32(41)17-19-43-5/h6-16,18,20-21H,17,19H2,1-5H3,(H,35,37,41)(H2,36,38,42). The summed E-state index contributed by atoms with van der Waals surface area (Å²) in [5, 5.41) is 15.1. The molecule has 3 amide bonds. The maximum absolute atomic E-state index is 13.3. The molecule has 0 atom stereocenters. The summed E-state index contributed by atoms with van der Waals surface area (Å²) in [5.74, 6) is 1.82. The van der Waals surface area contributed by atoms with Crippen LogP contribution in [-0.4, -0.2) is 40.4 Å². The van der Waals surface area contributed by atoms with Crippen molar-refractivity contribution in [3.63, 3.8) is 0 Å². The van der Waals surface area contributed by atoms with E-state index in [1.807, 2.05) is 61.5 Å². The minimum Gasteiger partial charge on any atom is -0.457 e. The Bertz CT molecular complexity index is 1790.